The van der Waals surface area contributed by atoms with Crippen molar-refractivity contribution in [3.05, 3.63) is 12.2 Å². The van der Waals surface area contributed by atoms with Gasteiger partial charge in [0.15, 0.2) is 0 Å². The monoisotopic (exact) mass is 436 g/mol. The molecule has 0 aromatic rings. The third-order valence-corrected chi connectivity index (χ3v) is 7.09. The Morgan fingerprint density at radius 1 is 0.968 bits per heavy atom. The van der Waals surface area contributed by atoms with Gasteiger partial charge in [0.05, 0.1) is 5.60 Å². The highest BCUT2D eigenvalue weighted by Gasteiger charge is 2.41. The first-order chi connectivity index (χ1) is 14.9. The van der Waals surface area contributed by atoms with Crippen molar-refractivity contribution in [2.45, 2.75) is 149 Å². The molecule has 0 bridgehead atoms. The molecule has 1 aliphatic rings. The van der Waals surface area contributed by atoms with E-state index in [1.807, 2.05) is 6.92 Å². The molecule has 1 aliphatic carbocycles. The Balaban J connectivity index is 2.00. The maximum atomic E-state index is 12.3. The molecule has 31 heavy (non-hydrogen) atoms. The number of rotatable bonds is 17. The topological polar surface area (TPSA) is 46.5 Å². The van der Waals surface area contributed by atoms with Crippen molar-refractivity contribution in [1.29, 1.82) is 0 Å². The molecule has 3 unspecified atom stereocenters. The van der Waals surface area contributed by atoms with Gasteiger partial charge in [-0.3, -0.25) is 4.79 Å². The highest BCUT2D eigenvalue weighted by atomic mass is 16.6. The molecule has 0 aromatic heterocycles. The summed E-state index contributed by atoms with van der Waals surface area (Å²) in [4.78, 5) is 12.3. The van der Waals surface area contributed by atoms with E-state index < -0.39 is 5.60 Å². The van der Waals surface area contributed by atoms with Gasteiger partial charge in [-0.1, -0.05) is 84.3 Å². The van der Waals surface area contributed by atoms with E-state index >= 15 is 0 Å². The minimum atomic E-state index is -0.871. The van der Waals surface area contributed by atoms with Crippen LogP contribution in [0.5, 0.6) is 0 Å². The van der Waals surface area contributed by atoms with E-state index in [1.165, 1.54) is 70.6 Å². The fourth-order valence-electron chi connectivity index (χ4n) is 4.62. The lowest BCUT2D eigenvalue weighted by Gasteiger charge is -2.41. The van der Waals surface area contributed by atoms with Crippen molar-refractivity contribution in [2.75, 3.05) is 0 Å². The quantitative estimate of drug-likeness (QED) is 0.142. The maximum Gasteiger partial charge on any atom is 0.306 e. The predicted molar refractivity (Wildman–Crippen MR) is 132 cm³/mol. The summed E-state index contributed by atoms with van der Waals surface area (Å²) in [5.74, 6) is 0.980. The first-order valence-electron chi connectivity index (χ1n) is 13.4. The average molecular weight is 437 g/mol. The molecule has 0 aliphatic heterocycles. The molecule has 3 atom stereocenters. The normalized spacial score (nSPS) is 24.2. The molecule has 3 heteroatoms. The summed E-state index contributed by atoms with van der Waals surface area (Å²) < 4.78 is 5.71. The second-order valence-electron chi connectivity index (χ2n) is 10.4. The van der Waals surface area contributed by atoms with Gasteiger partial charge in [-0.05, 0) is 70.1 Å². The Labute approximate surface area is 193 Å². The van der Waals surface area contributed by atoms with Crippen molar-refractivity contribution in [2.24, 2.45) is 11.8 Å². The Bertz CT molecular complexity index is 481. The van der Waals surface area contributed by atoms with Gasteiger partial charge in [-0.15, -0.1) is 0 Å². The van der Waals surface area contributed by atoms with Crippen LogP contribution in [0.1, 0.15) is 137 Å². The van der Waals surface area contributed by atoms with E-state index in [-0.39, 0.29) is 12.1 Å². The van der Waals surface area contributed by atoms with Gasteiger partial charge in [-0.25, -0.2) is 0 Å². The van der Waals surface area contributed by atoms with Gasteiger partial charge in [0.2, 0.25) is 0 Å². The summed E-state index contributed by atoms with van der Waals surface area (Å²) in [6, 6.07) is 0. The highest BCUT2D eigenvalue weighted by molar-refractivity contribution is 5.69. The predicted octanol–water partition coefficient (Wildman–Crippen LogP) is 8.14. The fraction of sp³-hybridized carbons (Fsp3) is 0.893. The molecule has 0 amide bonds. The number of hydrogen-bond acceptors (Lipinski definition) is 3. The van der Waals surface area contributed by atoms with E-state index in [4.69, 9.17) is 4.74 Å². The van der Waals surface area contributed by atoms with Crippen LogP contribution in [0.4, 0.5) is 0 Å². The van der Waals surface area contributed by atoms with Crippen molar-refractivity contribution in [1.82, 2.24) is 0 Å². The molecule has 1 fully saturated rings. The fourth-order valence-corrected chi connectivity index (χ4v) is 4.62. The molecular formula is C28H52O3. The van der Waals surface area contributed by atoms with Crippen LogP contribution in [0.2, 0.25) is 0 Å². The van der Waals surface area contributed by atoms with Gasteiger partial charge in [0, 0.05) is 6.42 Å². The third-order valence-electron chi connectivity index (χ3n) is 7.09. The minimum Gasteiger partial charge on any atom is -0.459 e. The maximum absolute atomic E-state index is 12.3. The summed E-state index contributed by atoms with van der Waals surface area (Å²) in [6.45, 7) is 8.52. The molecule has 0 spiro atoms. The molecule has 0 aromatic carbocycles. The molecule has 1 rings (SSSR count). The van der Waals surface area contributed by atoms with Crippen molar-refractivity contribution >= 4 is 5.97 Å². The van der Waals surface area contributed by atoms with Gasteiger partial charge >= 0.3 is 5.97 Å². The molecule has 3 nitrogen and oxygen atoms in total. The Hall–Kier alpha value is -0.830. The second kappa shape index (κ2) is 16.8. The van der Waals surface area contributed by atoms with E-state index in [9.17, 15) is 9.90 Å². The number of aliphatic hydroxyl groups is 1. The van der Waals surface area contributed by atoms with Crippen LogP contribution in [-0.2, 0) is 9.53 Å². The molecule has 0 radical (unpaired) electrons. The molecule has 0 heterocycles. The van der Waals surface area contributed by atoms with Crippen LogP contribution in [0.25, 0.3) is 0 Å². The molecule has 182 valence electrons. The zero-order valence-electron chi connectivity index (χ0n) is 21.2. The number of allylic oxidation sites excluding steroid dienone is 2. The minimum absolute atomic E-state index is 0.132. The van der Waals surface area contributed by atoms with E-state index in [0.29, 0.717) is 18.3 Å². The summed E-state index contributed by atoms with van der Waals surface area (Å²) in [5.41, 5.74) is -0.871. The molecular weight excluding hydrogens is 384 g/mol. The van der Waals surface area contributed by atoms with Crippen LogP contribution in [0, 0.1) is 11.8 Å². The number of esters is 1. The van der Waals surface area contributed by atoms with E-state index in [2.05, 4.69) is 32.9 Å². The summed E-state index contributed by atoms with van der Waals surface area (Å²) in [6.07, 6.45) is 23.7. The number of carbonyl (C=O) groups is 1. The lowest BCUT2D eigenvalue weighted by molar-refractivity contribution is -0.173. The number of ether oxygens (including phenoxy) is 1. The standard InChI is InChI=1S/C28H52O3/c1-5-6-7-8-9-10-11-12-13-14-15-16-17-18-19-20-27(29)31-26-23-25(24(2)3)21-22-28(26,4)30/h12-13,24-26,30H,5-11,14-23H2,1-4H3/b13-12-. The zero-order valence-corrected chi connectivity index (χ0v) is 21.2. The van der Waals surface area contributed by atoms with Crippen LogP contribution in [-0.4, -0.2) is 22.8 Å². The van der Waals surface area contributed by atoms with Crippen LogP contribution in [0.3, 0.4) is 0 Å². The molecule has 0 saturated heterocycles. The van der Waals surface area contributed by atoms with Crippen LogP contribution < -0.4 is 0 Å². The lowest BCUT2D eigenvalue weighted by Crippen LogP contribution is -2.47. The molecule has 1 saturated carbocycles. The third kappa shape index (κ3) is 13.3. The highest BCUT2D eigenvalue weighted by Crippen LogP contribution is 2.37. The van der Waals surface area contributed by atoms with Crippen LogP contribution >= 0.6 is 0 Å². The summed E-state index contributed by atoms with van der Waals surface area (Å²) >= 11 is 0. The van der Waals surface area contributed by atoms with Crippen LogP contribution in [0.15, 0.2) is 12.2 Å². The van der Waals surface area contributed by atoms with Crippen molar-refractivity contribution in [3.63, 3.8) is 0 Å². The van der Waals surface area contributed by atoms with Crippen molar-refractivity contribution < 1.29 is 14.6 Å². The Kier molecular flexibility index (Phi) is 15.2. The number of carbonyl (C=O) groups excluding carboxylic acids is 1. The average Bonchev–Trinajstić information content (AvgIpc) is 2.72. The van der Waals surface area contributed by atoms with Gasteiger partial charge in [0.25, 0.3) is 0 Å². The zero-order chi connectivity index (χ0) is 23.0. The number of hydrogen-bond donors (Lipinski definition) is 1. The van der Waals surface area contributed by atoms with Gasteiger partial charge < -0.3 is 9.84 Å². The lowest BCUT2D eigenvalue weighted by atomic mass is 9.73. The first kappa shape index (κ1) is 28.2. The SMILES string of the molecule is CCCCCCCC/C=C\CCCCCCCC(=O)OC1CC(C(C)C)CCC1(C)O. The largest absolute Gasteiger partial charge is 0.459 e. The summed E-state index contributed by atoms with van der Waals surface area (Å²) in [5, 5.41) is 10.6. The van der Waals surface area contributed by atoms with Gasteiger partial charge in [-0.2, -0.15) is 0 Å². The van der Waals surface area contributed by atoms with Gasteiger partial charge in [0.1, 0.15) is 6.10 Å². The molecule has 1 N–H and O–H groups in total. The summed E-state index contributed by atoms with van der Waals surface area (Å²) in [7, 11) is 0. The Morgan fingerprint density at radius 3 is 2.10 bits per heavy atom. The van der Waals surface area contributed by atoms with E-state index in [0.717, 1.165) is 32.1 Å². The smallest absolute Gasteiger partial charge is 0.306 e. The van der Waals surface area contributed by atoms with E-state index in [1.54, 1.807) is 0 Å². The Morgan fingerprint density at radius 2 is 1.52 bits per heavy atom. The van der Waals surface area contributed by atoms with Crippen molar-refractivity contribution in [3.8, 4) is 0 Å². The second-order valence-corrected chi connectivity index (χ2v) is 10.4. The number of unbranched alkanes of at least 4 members (excludes halogenated alkanes) is 11. The first-order valence-corrected chi connectivity index (χ1v) is 13.4.